The number of aromatic amines is 1. The number of nitrogens with one attached hydrogen (secondary N) is 2. The molecule has 1 saturated carbocycles. The van der Waals surface area contributed by atoms with Crippen LogP contribution in [0.3, 0.4) is 0 Å². The topological polar surface area (TPSA) is 104 Å². The number of methoxy groups -OCH3 is 1. The molecule has 0 saturated heterocycles. The molecule has 0 spiro atoms. The number of amides is 1. The maximum Gasteiger partial charge on any atom is 0.237 e. The zero-order valence-corrected chi connectivity index (χ0v) is 23.7. The lowest BCUT2D eigenvalue weighted by Gasteiger charge is -2.38. The van der Waals surface area contributed by atoms with Gasteiger partial charge in [-0.1, -0.05) is 6.08 Å². The Morgan fingerprint density at radius 3 is 2.58 bits per heavy atom. The van der Waals surface area contributed by atoms with Crippen molar-refractivity contribution in [1.29, 1.82) is 0 Å². The molecule has 1 aliphatic carbocycles. The van der Waals surface area contributed by atoms with Crippen molar-refractivity contribution < 1.29 is 26.7 Å². The highest BCUT2D eigenvalue weighted by atomic mass is 32.2. The Hall–Kier alpha value is -3.31. The molecule has 1 amide bonds. The van der Waals surface area contributed by atoms with Crippen LogP contribution in [0.25, 0.3) is 27.7 Å². The van der Waals surface area contributed by atoms with E-state index >= 15 is 4.39 Å². The lowest BCUT2D eigenvalue weighted by Crippen LogP contribution is -2.44. The lowest BCUT2D eigenvalue weighted by atomic mass is 9.84. The molecule has 0 unspecified atom stereocenters. The van der Waals surface area contributed by atoms with Gasteiger partial charge < -0.3 is 9.72 Å². The Bertz CT molecular complexity index is 1560. The number of benzene rings is 1. The molecule has 1 aromatic carbocycles. The summed E-state index contributed by atoms with van der Waals surface area (Å²) in [7, 11) is -2.15. The summed E-state index contributed by atoms with van der Waals surface area (Å²) in [4.78, 5) is 22.4. The van der Waals surface area contributed by atoms with E-state index in [0.717, 1.165) is 49.8 Å². The summed E-state index contributed by atoms with van der Waals surface area (Å²) < 4.78 is 60.8. The summed E-state index contributed by atoms with van der Waals surface area (Å²) in [5.74, 6) is -1.35. The summed E-state index contributed by atoms with van der Waals surface area (Å²) >= 11 is 0. The van der Waals surface area contributed by atoms with Crippen LogP contribution < -0.4 is 9.46 Å². The first-order valence-corrected chi connectivity index (χ1v) is 15.1. The third kappa shape index (κ3) is 5.62. The maximum absolute atomic E-state index is 15.0. The second-order valence-corrected chi connectivity index (χ2v) is 13.0. The molecule has 214 valence electrons. The number of H-pyrrole nitrogens is 1. The minimum atomic E-state index is -3.62. The van der Waals surface area contributed by atoms with Gasteiger partial charge in [-0.2, -0.15) is 0 Å². The van der Waals surface area contributed by atoms with Crippen LogP contribution in [0, 0.1) is 17.6 Å². The van der Waals surface area contributed by atoms with Gasteiger partial charge in [-0.3, -0.25) is 14.4 Å². The number of fused-ring (bicyclic) bond motifs is 1. The number of carbonyl (C=O) groups excluding carboxylic acids is 1. The number of hydrogen-bond donors (Lipinski definition) is 2. The number of pyridine rings is 1. The number of carbonyl (C=O) groups is 1. The predicted molar refractivity (Wildman–Crippen MR) is 150 cm³/mol. The van der Waals surface area contributed by atoms with E-state index in [9.17, 15) is 17.6 Å². The quantitative estimate of drug-likeness (QED) is 0.412. The van der Waals surface area contributed by atoms with Gasteiger partial charge >= 0.3 is 0 Å². The maximum atomic E-state index is 15.0. The largest absolute Gasteiger partial charge is 0.496 e. The monoisotopic (exact) mass is 572 g/mol. The molecule has 1 fully saturated rings. The second-order valence-electron chi connectivity index (χ2n) is 10.8. The van der Waals surface area contributed by atoms with Crippen molar-refractivity contribution in [3.63, 3.8) is 0 Å². The van der Waals surface area contributed by atoms with Crippen molar-refractivity contribution in [3.05, 3.63) is 53.9 Å². The summed E-state index contributed by atoms with van der Waals surface area (Å²) in [6.07, 6.45) is 7.04. The molecule has 0 radical (unpaired) electrons. The molecular weight excluding hydrogens is 538 g/mol. The number of hydrogen-bond acceptors (Lipinski definition) is 6. The Morgan fingerprint density at radius 1 is 1.18 bits per heavy atom. The third-order valence-corrected chi connectivity index (χ3v) is 9.80. The van der Waals surface area contributed by atoms with E-state index in [4.69, 9.17) is 4.74 Å². The highest BCUT2D eigenvalue weighted by Gasteiger charge is 2.32. The smallest absolute Gasteiger partial charge is 0.237 e. The van der Waals surface area contributed by atoms with E-state index in [-0.39, 0.29) is 11.5 Å². The second kappa shape index (κ2) is 11.3. The zero-order chi connectivity index (χ0) is 28.6. The first kappa shape index (κ1) is 28.2. The van der Waals surface area contributed by atoms with Crippen LogP contribution in [0.15, 0.2) is 36.5 Å². The molecule has 5 rings (SSSR count). The fraction of sp³-hybridized carbons (Fsp3) is 0.448. The van der Waals surface area contributed by atoms with Crippen molar-refractivity contribution >= 4 is 32.5 Å². The number of halogens is 2. The van der Waals surface area contributed by atoms with Gasteiger partial charge in [-0.15, -0.1) is 0 Å². The van der Waals surface area contributed by atoms with Gasteiger partial charge in [0.15, 0.2) is 0 Å². The summed E-state index contributed by atoms with van der Waals surface area (Å²) in [5.41, 5.74) is 3.02. The Morgan fingerprint density at radius 2 is 1.93 bits per heavy atom. The fourth-order valence-corrected chi connectivity index (χ4v) is 6.36. The van der Waals surface area contributed by atoms with Crippen LogP contribution >= 0.6 is 0 Å². The van der Waals surface area contributed by atoms with Gasteiger partial charge in [0, 0.05) is 47.3 Å². The SMILES string of the molecule is COc1ccc(F)cc1-c1c(F)cnc2[nH]c(C3=CCN(C4CCC(C(=O)NS(=O)(=O)C(C)C)CC4)CC3)cc12. The third-order valence-electron chi connectivity index (χ3n) is 8.08. The van der Waals surface area contributed by atoms with Crippen molar-refractivity contribution in [2.24, 2.45) is 5.92 Å². The van der Waals surface area contributed by atoms with E-state index < -0.39 is 32.8 Å². The number of ether oxygens (including phenoxy) is 1. The number of rotatable bonds is 7. The molecule has 0 bridgehead atoms. The summed E-state index contributed by atoms with van der Waals surface area (Å²) in [6.45, 7) is 4.67. The van der Waals surface area contributed by atoms with Crippen LogP contribution in [-0.4, -0.2) is 60.7 Å². The van der Waals surface area contributed by atoms with Crippen molar-refractivity contribution in [1.82, 2.24) is 19.6 Å². The molecule has 8 nitrogen and oxygen atoms in total. The molecule has 40 heavy (non-hydrogen) atoms. The number of sulfonamides is 1. The average molecular weight is 573 g/mol. The minimum absolute atomic E-state index is 0.240. The van der Waals surface area contributed by atoms with E-state index in [1.54, 1.807) is 13.8 Å². The van der Waals surface area contributed by atoms with Crippen LogP contribution in [0.5, 0.6) is 5.75 Å². The van der Waals surface area contributed by atoms with Crippen LogP contribution in [-0.2, 0) is 14.8 Å². The number of aromatic nitrogens is 2. The lowest BCUT2D eigenvalue weighted by molar-refractivity contribution is -0.124. The molecular formula is C29H34F2N4O4S. The number of nitrogens with zero attached hydrogens (tertiary/aromatic N) is 2. The summed E-state index contributed by atoms with van der Waals surface area (Å²) in [6, 6.07) is 6.22. The molecule has 2 aromatic heterocycles. The van der Waals surface area contributed by atoms with Crippen LogP contribution in [0.4, 0.5) is 8.78 Å². The van der Waals surface area contributed by atoms with Gasteiger partial charge in [0.2, 0.25) is 15.9 Å². The molecule has 1 aliphatic heterocycles. The normalized spacial score (nSPS) is 20.5. The Balaban J connectivity index is 1.28. The van der Waals surface area contributed by atoms with Gasteiger partial charge in [0.05, 0.1) is 18.6 Å². The standard InChI is InChI=1S/C29H34F2N4O4S/c1-17(2)40(37,38)34-29(36)19-4-7-21(8-5-19)35-12-10-18(11-13-35)25-15-23-27(24(31)16-32-28(23)33-25)22-14-20(30)6-9-26(22)39-3/h6,9-10,14-17,19,21H,4-5,7-8,11-13H2,1-3H3,(H,32,33)(H,34,36). The Kier molecular flexibility index (Phi) is 7.96. The molecule has 2 aliphatic rings. The van der Waals surface area contributed by atoms with Gasteiger partial charge in [0.1, 0.15) is 23.0 Å². The van der Waals surface area contributed by atoms with Crippen molar-refractivity contribution in [3.8, 4) is 16.9 Å². The van der Waals surface area contributed by atoms with E-state index in [2.05, 4.69) is 25.7 Å². The van der Waals surface area contributed by atoms with E-state index in [0.29, 0.717) is 41.2 Å². The minimum Gasteiger partial charge on any atom is -0.496 e. The molecule has 3 aromatic rings. The highest BCUT2D eigenvalue weighted by molar-refractivity contribution is 7.90. The average Bonchev–Trinajstić information content (AvgIpc) is 3.37. The molecule has 2 N–H and O–H groups in total. The molecule has 3 heterocycles. The zero-order valence-electron chi connectivity index (χ0n) is 22.8. The fourth-order valence-electron chi connectivity index (χ4n) is 5.68. The molecule has 11 heteroatoms. The van der Waals surface area contributed by atoms with E-state index in [1.165, 1.54) is 25.3 Å². The molecule has 0 atom stereocenters. The first-order valence-electron chi connectivity index (χ1n) is 13.6. The van der Waals surface area contributed by atoms with Gasteiger partial charge in [-0.25, -0.2) is 22.2 Å². The first-order chi connectivity index (χ1) is 19.1. The van der Waals surface area contributed by atoms with Crippen LogP contribution in [0.1, 0.15) is 51.6 Å². The van der Waals surface area contributed by atoms with Crippen LogP contribution in [0.2, 0.25) is 0 Å². The highest BCUT2D eigenvalue weighted by Crippen LogP contribution is 2.39. The van der Waals surface area contributed by atoms with E-state index in [1.807, 2.05) is 6.07 Å². The van der Waals surface area contributed by atoms with Gasteiger partial charge in [0.25, 0.3) is 0 Å². The van der Waals surface area contributed by atoms with Gasteiger partial charge in [-0.05, 0) is 75.8 Å². The van der Waals surface area contributed by atoms with Crippen molar-refractivity contribution in [2.75, 3.05) is 20.2 Å². The Labute approximate surface area is 232 Å². The summed E-state index contributed by atoms with van der Waals surface area (Å²) in [5, 5.41) is -0.0942. The van der Waals surface area contributed by atoms with Crippen molar-refractivity contribution in [2.45, 2.75) is 57.2 Å². The predicted octanol–water partition coefficient (Wildman–Crippen LogP) is 5.02.